The molecule has 0 aliphatic carbocycles. The molecule has 3 aromatic rings. The first-order valence-electron chi connectivity index (χ1n) is 7.70. The summed E-state index contributed by atoms with van der Waals surface area (Å²) < 4.78 is 43.2. The molecule has 8 nitrogen and oxygen atoms in total. The van der Waals surface area contributed by atoms with E-state index in [0.29, 0.717) is 0 Å². The van der Waals surface area contributed by atoms with Crippen molar-refractivity contribution in [3.63, 3.8) is 0 Å². The predicted molar refractivity (Wildman–Crippen MR) is 97.4 cm³/mol. The van der Waals surface area contributed by atoms with Crippen LogP contribution >= 0.6 is 11.6 Å². The molecular weight excluding hydrogens is 397 g/mol. The van der Waals surface area contributed by atoms with Crippen LogP contribution in [-0.2, 0) is 15.6 Å². The van der Waals surface area contributed by atoms with Gasteiger partial charge in [-0.3, -0.25) is 9.40 Å². The third-order valence-electron chi connectivity index (χ3n) is 4.08. The number of aromatic amines is 1. The Hall–Kier alpha value is -2.61. The quantitative estimate of drug-likeness (QED) is 0.595. The molecule has 0 spiro atoms. The van der Waals surface area contributed by atoms with E-state index >= 15 is 0 Å². The van der Waals surface area contributed by atoms with Gasteiger partial charge in [0.05, 0.1) is 34.3 Å². The van der Waals surface area contributed by atoms with E-state index in [2.05, 4.69) is 14.8 Å². The van der Waals surface area contributed by atoms with Crippen molar-refractivity contribution in [3.8, 4) is 6.07 Å². The Balaban J connectivity index is 2.07. The Morgan fingerprint density at radius 2 is 2.19 bits per heavy atom. The molecule has 11 heteroatoms. The Morgan fingerprint density at radius 1 is 1.48 bits per heavy atom. The maximum atomic E-state index is 14.0. The molecule has 1 aromatic carbocycles. The highest BCUT2D eigenvalue weighted by atomic mass is 35.5. The molecule has 0 radical (unpaired) electrons. The van der Waals surface area contributed by atoms with E-state index in [1.54, 1.807) is 13.8 Å². The summed E-state index contributed by atoms with van der Waals surface area (Å²) in [6.07, 6.45) is 2.50. The monoisotopic (exact) mass is 411 g/mol. The molecule has 0 atom stereocenters. The molecule has 0 fully saturated rings. The number of hydrogen-bond acceptors (Lipinski definition) is 5. The Morgan fingerprint density at radius 3 is 2.81 bits per heavy atom. The van der Waals surface area contributed by atoms with Crippen LogP contribution < -0.4 is 4.72 Å². The molecule has 2 aromatic heterocycles. The van der Waals surface area contributed by atoms with Crippen molar-refractivity contribution < 1.29 is 17.9 Å². The molecule has 0 aliphatic heterocycles. The number of rotatable bonds is 5. The normalized spacial score (nSPS) is 12.3. The van der Waals surface area contributed by atoms with E-state index in [1.165, 1.54) is 23.1 Å². The van der Waals surface area contributed by atoms with Crippen molar-refractivity contribution >= 4 is 38.2 Å². The van der Waals surface area contributed by atoms with Crippen LogP contribution in [0.5, 0.6) is 0 Å². The minimum atomic E-state index is -4.17. The van der Waals surface area contributed by atoms with Crippen molar-refractivity contribution in [2.24, 2.45) is 0 Å². The summed E-state index contributed by atoms with van der Waals surface area (Å²) in [6, 6.07) is 4.14. The van der Waals surface area contributed by atoms with Crippen molar-refractivity contribution in [2.45, 2.75) is 24.3 Å². The molecule has 0 saturated heterocycles. The molecule has 3 rings (SSSR count). The molecular formula is C16H15ClFN5O3S. The van der Waals surface area contributed by atoms with Gasteiger partial charge < -0.3 is 10.1 Å². The van der Waals surface area contributed by atoms with Gasteiger partial charge in [-0.15, -0.1) is 0 Å². The number of sulfonamides is 1. The number of anilines is 1. The fraction of sp³-hybridized carbons (Fsp3) is 0.250. The Labute approximate surface area is 159 Å². The lowest BCUT2D eigenvalue weighted by Crippen LogP contribution is -2.30. The third-order valence-corrected chi connectivity index (χ3v) is 5.84. The second-order valence-corrected chi connectivity index (χ2v) is 8.47. The zero-order valence-electron chi connectivity index (χ0n) is 14.3. The Kier molecular flexibility index (Phi) is 4.63. The van der Waals surface area contributed by atoms with Crippen molar-refractivity contribution in [1.82, 2.24) is 14.8 Å². The van der Waals surface area contributed by atoms with Gasteiger partial charge in [0.2, 0.25) is 0 Å². The molecule has 27 heavy (non-hydrogen) atoms. The molecule has 0 bridgehead atoms. The molecule has 142 valence electrons. The molecule has 0 aliphatic rings. The van der Waals surface area contributed by atoms with Gasteiger partial charge >= 0.3 is 0 Å². The molecule has 0 saturated carbocycles. The van der Waals surface area contributed by atoms with E-state index < -0.39 is 21.4 Å². The summed E-state index contributed by atoms with van der Waals surface area (Å²) >= 11 is 5.99. The summed E-state index contributed by atoms with van der Waals surface area (Å²) in [5.74, 6) is -0.652. The number of nitrogens with one attached hydrogen (secondary N) is 2. The maximum absolute atomic E-state index is 14.0. The topological polar surface area (TPSA) is 124 Å². The number of hydrogen-bond donors (Lipinski definition) is 3. The highest BCUT2D eigenvalue weighted by Crippen LogP contribution is 2.31. The van der Waals surface area contributed by atoms with Gasteiger partial charge in [0.25, 0.3) is 10.0 Å². The van der Waals surface area contributed by atoms with Crippen molar-refractivity contribution in [3.05, 3.63) is 41.1 Å². The summed E-state index contributed by atoms with van der Waals surface area (Å²) in [4.78, 5) is 2.40. The van der Waals surface area contributed by atoms with Crippen molar-refractivity contribution in [2.75, 3.05) is 11.3 Å². The van der Waals surface area contributed by atoms with E-state index in [9.17, 15) is 17.9 Å². The lowest BCUT2D eigenvalue weighted by Gasteiger charge is -2.21. The van der Waals surface area contributed by atoms with Gasteiger partial charge in [0.1, 0.15) is 16.8 Å². The number of aliphatic hydroxyl groups is 1. The van der Waals surface area contributed by atoms with Gasteiger partial charge in [0.15, 0.2) is 5.15 Å². The third kappa shape index (κ3) is 3.25. The number of halogens is 2. The lowest BCUT2D eigenvalue weighted by atomic mass is 10.1. The molecule has 0 unspecified atom stereocenters. The first-order chi connectivity index (χ1) is 12.6. The highest BCUT2D eigenvalue weighted by molar-refractivity contribution is 7.92. The average Bonchev–Trinajstić information content (AvgIpc) is 3.22. The molecule has 2 heterocycles. The van der Waals surface area contributed by atoms with Gasteiger partial charge in [0, 0.05) is 12.4 Å². The van der Waals surface area contributed by atoms with Gasteiger partial charge in [-0.25, -0.2) is 12.8 Å². The van der Waals surface area contributed by atoms with E-state index in [-0.39, 0.29) is 38.8 Å². The van der Waals surface area contributed by atoms with Crippen LogP contribution in [0.25, 0.3) is 10.9 Å². The highest BCUT2D eigenvalue weighted by Gasteiger charge is 2.28. The summed E-state index contributed by atoms with van der Waals surface area (Å²) in [5.41, 5.74) is -0.617. The number of benzene rings is 1. The fourth-order valence-electron chi connectivity index (χ4n) is 2.48. The first kappa shape index (κ1) is 19.2. The first-order valence-corrected chi connectivity index (χ1v) is 9.56. The number of H-pyrrole nitrogens is 1. The minimum Gasteiger partial charge on any atom is -0.394 e. The molecule has 0 amide bonds. The number of nitriles is 1. The van der Waals surface area contributed by atoms with Crippen LogP contribution in [-0.4, -0.2) is 34.9 Å². The number of aromatic nitrogens is 3. The van der Waals surface area contributed by atoms with Crippen LogP contribution in [0.3, 0.4) is 0 Å². The van der Waals surface area contributed by atoms with Crippen molar-refractivity contribution in [1.29, 1.82) is 5.26 Å². The number of aliphatic hydroxyl groups excluding tert-OH is 1. The van der Waals surface area contributed by atoms with Crippen LogP contribution in [0.2, 0.25) is 5.15 Å². The zero-order chi connectivity index (χ0) is 20.0. The fourth-order valence-corrected chi connectivity index (χ4v) is 3.99. The SMILES string of the molecule is CC(C)(CO)n1cc(S(=O)(=O)Nc2ccc(F)c3c(C#N)c[nH]c23)c(Cl)n1. The number of fused-ring (bicyclic) bond motifs is 1. The van der Waals surface area contributed by atoms with Gasteiger partial charge in [-0.2, -0.15) is 10.4 Å². The largest absolute Gasteiger partial charge is 0.394 e. The van der Waals surface area contributed by atoms with Crippen LogP contribution in [0, 0.1) is 17.1 Å². The van der Waals surface area contributed by atoms with Crippen LogP contribution in [0.4, 0.5) is 10.1 Å². The zero-order valence-corrected chi connectivity index (χ0v) is 15.9. The standard InChI is InChI=1S/C16H15ClFN5O3S/c1-16(2,8-24)23-7-12(15(17)21-23)27(25,26)22-11-4-3-10(18)13-9(5-19)6-20-14(11)13/h3-4,6-7,20,22,24H,8H2,1-2H3. The van der Waals surface area contributed by atoms with E-state index in [1.807, 2.05) is 6.07 Å². The van der Waals surface area contributed by atoms with Gasteiger partial charge in [-0.1, -0.05) is 11.6 Å². The summed E-state index contributed by atoms with van der Waals surface area (Å²) in [7, 11) is -4.17. The minimum absolute atomic E-state index is 0.0131. The summed E-state index contributed by atoms with van der Waals surface area (Å²) in [6.45, 7) is 3.04. The van der Waals surface area contributed by atoms with E-state index in [0.717, 1.165) is 6.07 Å². The smallest absolute Gasteiger partial charge is 0.266 e. The number of nitrogens with zero attached hydrogens (tertiary/aromatic N) is 3. The summed E-state index contributed by atoms with van der Waals surface area (Å²) in [5, 5.41) is 22.1. The second-order valence-electron chi connectivity index (χ2n) is 6.46. The maximum Gasteiger partial charge on any atom is 0.266 e. The average molecular weight is 412 g/mol. The second kappa shape index (κ2) is 6.53. The Bertz CT molecular complexity index is 1180. The lowest BCUT2D eigenvalue weighted by molar-refractivity contribution is 0.152. The van der Waals surface area contributed by atoms with Gasteiger partial charge in [-0.05, 0) is 26.0 Å². The van der Waals surface area contributed by atoms with E-state index in [4.69, 9.17) is 16.9 Å². The van der Waals surface area contributed by atoms with Crippen LogP contribution in [0.15, 0.2) is 29.4 Å². The van der Waals surface area contributed by atoms with Crippen LogP contribution in [0.1, 0.15) is 19.4 Å². The molecule has 3 N–H and O–H groups in total. The predicted octanol–water partition coefficient (Wildman–Crippen LogP) is 2.56.